The highest BCUT2D eigenvalue weighted by Crippen LogP contribution is 2.32. The van der Waals surface area contributed by atoms with Gasteiger partial charge < -0.3 is 10.1 Å². The number of ether oxygens (including phenoxy) is 1. The third-order valence-corrected chi connectivity index (χ3v) is 6.85. The molecule has 2 heterocycles. The van der Waals surface area contributed by atoms with E-state index < -0.39 is 23.7 Å². The second-order valence-electron chi connectivity index (χ2n) is 7.70. The molecule has 1 aromatic heterocycles. The third-order valence-electron chi connectivity index (χ3n) is 5.44. The van der Waals surface area contributed by atoms with Crippen molar-refractivity contribution >= 4 is 63.1 Å². The summed E-state index contributed by atoms with van der Waals surface area (Å²) in [5.41, 5.74) is 2.53. The Balaban J connectivity index is 1.48. The number of esters is 1. The average Bonchev–Trinajstić information content (AvgIpc) is 3.35. The Hall–Kier alpha value is -4.02. The van der Waals surface area contributed by atoms with Crippen LogP contribution >= 0.6 is 22.9 Å². The molecule has 3 amide bonds. The Kier molecular flexibility index (Phi) is 7.18. The standard InChI is InChI=1S/C25H21ClN4O5S/c1-4-14-7-5-6-8-17(14)30-22(32)18(26)19(23(30)33)28-16-11-9-15(10-12-16)21(31)29-25-27-13(2)20(36-25)24(34)35-3/h5-12,28H,4H2,1-3H3,(H,27,29,31). The quantitative estimate of drug-likeness (QED) is 0.345. The van der Waals surface area contributed by atoms with Crippen LogP contribution in [0.5, 0.6) is 0 Å². The molecule has 0 unspecified atom stereocenters. The minimum Gasteiger partial charge on any atom is -0.465 e. The molecule has 36 heavy (non-hydrogen) atoms. The van der Waals surface area contributed by atoms with Crippen LogP contribution in [0.3, 0.4) is 0 Å². The molecule has 184 valence electrons. The minimum atomic E-state index is -0.605. The molecular weight excluding hydrogens is 504 g/mol. The van der Waals surface area contributed by atoms with Crippen molar-refractivity contribution in [3.8, 4) is 0 Å². The van der Waals surface area contributed by atoms with Crippen LogP contribution in [0, 0.1) is 6.92 Å². The van der Waals surface area contributed by atoms with Crippen LogP contribution in [-0.2, 0) is 20.7 Å². The minimum absolute atomic E-state index is 0.0432. The molecule has 2 aromatic carbocycles. The van der Waals surface area contributed by atoms with Crippen LogP contribution in [0.15, 0.2) is 59.3 Å². The number of aryl methyl sites for hydroxylation is 2. The summed E-state index contributed by atoms with van der Waals surface area (Å²) in [6.07, 6.45) is 0.641. The third kappa shape index (κ3) is 4.73. The zero-order valence-corrected chi connectivity index (χ0v) is 21.1. The first-order valence-electron chi connectivity index (χ1n) is 10.9. The van der Waals surface area contributed by atoms with Crippen molar-refractivity contribution in [1.82, 2.24) is 4.98 Å². The Morgan fingerprint density at radius 2 is 1.78 bits per heavy atom. The van der Waals surface area contributed by atoms with Crippen molar-refractivity contribution in [1.29, 1.82) is 0 Å². The van der Waals surface area contributed by atoms with E-state index in [-0.39, 0.29) is 15.9 Å². The molecule has 0 spiro atoms. The van der Waals surface area contributed by atoms with E-state index >= 15 is 0 Å². The van der Waals surface area contributed by atoms with Gasteiger partial charge in [-0.3, -0.25) is 19.7 Å². The zero-order chi connectivity index (χ0) is 26.0. The molecule has 3 aromatic rings. The number of amides is 3. The van der Waals surface area contributed by atoms with E-state index in [1.54, 1.807) is 43.3 Å². The highest BCUT2D eigenvalue weighted by molar-refractivity contribution is 7.17. The van der Waals surface area contributed by atoms with Gasteiger partial charge in [-0.2, -0.15) is 0 Å². The molecule has 4 rings (SSSR count). The molecule has 0 bridgehead atoms. The summed E-state index contributed by atoms with van der Waals surface area (Å²) >= 11 is 7.25. The van der Waals surface area contributed by atoms with E-state index in [1.165, 1.54) is 7.11 Å². The number of nitrogens with zero attached hydrogens (tertiary/aromatic N) is 2. The lowest BCUT2D eigenvalue weighted by atomic mass is 10.1. The van der Waals surface area contributed by atoms with E-state index in [9.17, 15) is 19.2 Å². The number of thiazole rings is 1. The number of carbonyl (C=O) groups is 4. The van der Waals surface area contributed by atoms with Crippen molar-refractivity contribution in [2.45, 2.75) is 20.3 Å². The molecule has 1 aliphatic rings. The van der Waals surface area contributed by atoms with E-state index in [2.05, 4.69) is 15.6 Å². The van der Waals surface area contributed by atoms with Crippen LogP contribution in [0.1, 0.15) is 38.2 Å². The number of nitrogens with one attached hydrogen (secondary N) is 2. The molecule has 0 saturated carbocycles. The van der Waals surface area contributed by atoms with E-state index in [4.69, 9.17) is 16.3 Å². The molecule has 1 aliphatic heterocycles. The van der Waals surface area contributed by atoms with Crippen LogP contribution in [0.4, 0.5) is 16.5 Å². The summed E-state index contributed by atoms with van der Waals surface area (Å²) in [6.45, 7) is 3.58. The fraction of sp³-hybridized carbons (Fsp3) is 0.160. The van der Waals surface area contributed by atoms with Gasteiger partial charge in [-0.25, -0.2) is 14.7 Å². The van der Waals surface area contributed by atoms with Gasteiger partial charge in [-0.1, -0.05) is 48.1 Å². The number of para-hydroxylation sites is 1. The lowest BCUT2D eigenvalue weighted by Crippen LogP contribution is -2.33. The highest BCUT2D eigenvalue weighted by atomic mass is 35.5. The fourth-order valence-electron chi connectivity index (χ4n) is 3.61. The van der Waals surface area contributed by atoms with E-state index in [1.807, 2.05) is 19.1 Å². The first-order chi connectivity index (χ1) is 17.2. The lowest BCUT2D eigenvalue weighted by molar-refractivity contribution is -0.120. The topological polar surface area (TPSA) is 118 Å². The summed E-state index contributed by atoms with van der Waals surface area (Å²) in [5.74, 6) is -2.12. The largest absolute Gasteiger partial charge is 0.465 e. The number of halogens is 1. The van der Waals surface area contributed by atoms with E-state index in [0.29, 0.717) is 33.9 Å². The van der Waals surface area contributed by atoms with Crippen LogP contribution in [0.2, 0.25) is 0 Å². The maximum absolute atomic E-state index is 13.1. The first-order valence-corrected chi connectivity index (χ1v) is 12.0. The normalized spacial score (nSPS) is 13.3. The highest BCUT2D eigenvalue weighted by Gasteiger charge is 2.39. The molecular formula is C25H21ClN4O5S. The van der Waals surface area contributed by atoms with Crippen molar-refractivity contribution in [3.63, 3.8) is 0 Å². The molecule has 0 fully saturated rings. The summed E-state index contributed by atoms with van der Waals surface area (Å²) < 4.78 is 4.70. The SMILES string of the molecule is CCc1ccccc1N1C(=O)C(Cl)=C(Nc2ccc(C(=O)Nc3nc(C)c(C(=O)OC)s3)cc2)C1=O. The summed E-state index contributed by atoms with van der Waals surface area (Å²) in [5, 5.41) is 5.59. The van der Waals surface area contributed by atoms with Gasteiger partial charge in [0, 0.05) is 11.3 Å². The predicted molar refractivity (Wildman–Crippen MR) is 137 cm³/mol. The van der Waals surface area contributed by atoms with Crippen molar-refractivity contribution < 1.29 is 23.9 Å². The fourth-order valence-corrected chi connectivity index (χ4v) is 4.70. The number of anilines is 3. The molecule has 9 nitrogen and oxygen atoms in total. The number of hydrogen-bond acceptors (Lipinski definition) is 8. The Morgan fingerprint density at radius 1 is 1.08 bits per heavy atom. The van der Waals surface area contributed by atoms with Gasteiger partial charge in [0.15, 0.2) is 5.13 Å². The zero-order valence-electron chi connectivity index (χ0n) is 19.5. The average molecular weight is 525 g/mol. The van der Waals surface area contributed by atoms with Gasteiger partial charge in [0.1, 0.15) is 15.6 Å². The van der Waals surface area contributed by atoms with Crippen molar-refractivity contribution in [2.75, 3.05) is 22.6 Å². The van der Waals surface area contributed by atoms with Gasteiger partial charge >= 0.3 is 5.97 Å². The van der Waals surface area contributed by atoms with Crippen LogP contribution in [0.25, 0.3) is 0 Å². The number of rotatable bonds is 7. The van der Waals surface area contributed by atoms with Crippen molar-refractivity contribution in [2.24, 2.45) is 0 Å². The number of imide groups is 1. The summed E-state index contributed by atoms with van der Waals surface area (Å²) in [6, 6.07) is 13.4. The number of benzene rings is 2. The maximum atomic E-state index is 13.1. The number of hydrogen-bond donors (Lipinski definition) is 2. The molecule has 11 heteroatoms. The van der Waals surface area contributed by atoms with E-state index in [0.717, 1.165) is 21.8 Å². The van der Waals surface area contributed by atoms with Gasteiger partial charge in [-0.15, -0.1) is 0 Å². The molecule has 0 radical (unpaired) electrons. The second-order valence-corrected chi connectivity index (χ2v) is 9.08. The van der Waals surface area contributed by atoms with Gasteiger partial charge in [-0.05, 0) is 49.2 Å². The predicted octanol–water partition coefficient (Wildman–Crippen LogP) is 4.49. The smallest absolute Gasteiger partial charge is 0.350 e. The molecule has 2 N–H and O–H groups in total. The van der Waals surface area contributed by atoms with Gasteiger partial charge in [0.05, 0.1) is 18.5 Å². The monoisotopic (exact) mass is 524 g/mol. The molecule has 0 atom stereocenters. The first kappa shape index (κ1) is 25.1. The molecule has 0 saturated heterocycles. The maximum Gasteiger partial charge on any atom is 0.350 e. The molecule has 0 aliphatic carbocycles. The Labute approximate surface area is 215 Å². The van der Waals surface area contributed by atoms with Crippen molar-refractivity contribution in [3.05, 3.63) is 81.0 Å². The van der Waals surface area contributed by atoms with Gasteiger partial charge in [0.2, 0.25) is 0 Å². The van der Waals surface area contributed by atoms with Crippen LogP contribution in [-0.4, -0.2) is 35.8 Å². The second kappa shape index (κ2) is 10.3. The number of methoxy groups -OCH3 is 1. The summed E-state index contributed by atoms with van der Waals surface area (Å²) in [7, 11) is 1.27. The Bertz CT molecular complexity index is 1410. The number of aromatic nitrogens is 1. The Morgan fingerprint density at radius 3 is 2.44 bits per heavy atom. The lowest BCUT2D eigenvalue weighted by Gasteiger charge is -2.18. The summed E-state index contributed by atoms with van der Waals surface area (Å²) in [4.78, 5) is 55.8. The van der Waals surface area contributed by atoms with Gasteiger partial charge in [0.25, 0.3) is 17.7 Å². The number of carbonyl (C=O) groups excluding carboxylic acids is 4. The van der Waals surface area contributed by atoms with Crippen LogP contribution < -0.4 is 15.5 Å².